The largest absolute Gasteiger partial charge is 0.388 e. The Balaban J connectivity index is 2.32. The van der Waals surface area contributed by atoms with Gasteiger partial charge < -0.3 is 14.6 Å². The molecule has 1 aliphatic carbocycles. The molecule has 1 aliphatic rings. The van der Waals surface area contributed by atoms with Gasteiger partial charge in [-0.15, -0.1) is 0 Å². The van der Waals surface area contributed by atoms with Crippen LogP contribution in [0.15, 0.2) is 0 Å². The highest BCUT2D eigenvalue weighted by Crippen LogP contribution is 2.38. The van der Waals surface area contributed by atoms with E-state index >= 15 is 0 Å². The third-order valence-electron chi connectivity index (χ3n) is 2.80. The molecule has 0 bridgehead atoms. The van der Waals surface area contributed by atoms with Gasteiger partial charge in [0.05, 0.1) is 18.3 Å². The molecule has 0 spiro atoms. The van der Waals surface area contributed by atoms with Crippen LogP contribution in [0.1, 0.15) is 33.1 Å². The molecule has 0 aromatic carbocycles. The van der Waals surface area contributed by atoms with Gasteiger partial charge in [0.15, 0.2) is 0 Å². The number of aliphatic hydroxyl groups excluding tert-OH is 1. The summed E-state index contributed by atoms with van der Waals surface area (Å²) in [5.74, 6) is 0. The molecule has 0 aliphatic heterocycles. The predicted octanol–water partition coefficient (Wildman–Crippen LogP) is 1.34. The quantitative estimate of drug-likeness (QED) is 0.707. The van der Waals surface area contributed by atoms with Crippen molar-refractivity contribution in [2.24, 2.45) is 0 Å². The Morgan fingerprint density at radius 2 is 2.00 bits per heavy atom. The summed E-state index contributed by atoms with van der Waals surface area (Å²) in [6.07, 6.45) is 2.74. The Bertz CT molecular complexity index is 147. The van der Waals surface area contributed by atoms with Crippen LogP contribution < -0.4 is 0 Å². The second kappa shape index (κ2) is 4.40. The summed E-state index contributed by atoms with van der Waals surface area (Å²) >= 11 is 0. The molecule has 0 radical (unpaired) electrons. The van der Waals surface area contributed by atoms with E-state index in [0.29, 0.717) is 6.61 Å². The second-order valence-electron chi connectivity index (χ2n) is 4.02. The summed E-state index contributed by atoms with van der Waals surface area (Å²) in [6, 6.07) is 0. The lowest BCUT2D eigenvalue weighted by Crippen LogP contribution is -2.52. The van der Waals surface area contributed by atoms with E-state index in [2.05, 4.69) is 0 Å². The molecule has 0 amide bonds. The Hall–Kier alpha value is -0.120. The van der Waals surface area contributed by atoms with Gasteiger partial charge in [-0.05, 0) is 33.1 Å². The van der Waals surface area contributed by atoms with Crippen molar-refractivity contribution in [1.82, 2.24) is 0 Å². The molecule has 78 valence electrons. The van der Waals surface area contributed by atoms with Crippen LogP contribution in [-0.4, -0.2) is 36.6 Å². The highest BCUT2D eigenvalue weighted by molar-refractivity contribution is 4.95. The lowest BCUT2D eigenvalue weighted by molar-refractivity contribution is -0.170. The Morgan fingerprint density at radius 3 is 2.31 bits per heavy atom. The third-order valence-corrected chi connectivity index (χ3v) is 2.80. The van der Waals surface area contributed by atoms with Gasteiger partial charge in [-0.1, -0.05) is 0 Å². The molecule has 1 atom stereocenters. The van der Waals surface area contributed by atoms with E-state index < -0.39 is 6.10 Å². The lowest BCUT2D eigenvalue weighted by atomic mass is 9.76. The molecule has 1 saturated carbocycles. The molecule has 0 saturated heterocycles. The number of hydrogen-bond acceptors (Lipinski definition) is 3. The second-order valence-corrected chi connectivity index (χ2v) is 4.02. The van der Waals surface area contributed by atoms with Crippen molar-refractivity contribution in [3.63, 3.8) is 0 Å². The van der Waals surface area contributed by atoms with Crippen LogP contribution in [-0.2, 0) is 9.47 Å². The summed E-state index contributed by atoms with van der Waals surface area (Å²) in [5, 5.41) is 9.82. The normalized spacial score (nSPS) is 22.8. The molecule has 1 rings (SSSR count). The van der Waals surface area contributed by atoms with Gasteiger partial charge in [0, 0.05) is 7.11 Å². The van der Waals surface area contributed by atoms with E-state index in [-0.39, 0.29) is 11.7 Å². The number of aliphatic hydroxyl groups is 1. The zero-order chi connectivity index (χ0) is 9.90. The van der Waals surface area contributed by atoms with Crippen molar-refractivity contribution < 1.29 is 14.6 Å². The van der Waals surface area contributed by atoms with E-state index in [1.165, 1.54) is 0 Å². The molecule has 0 heterocycles. The zero-order valence-electron chi connectivity index (χ0n) is 8.75. The number of ether oxygens (including phenoxy) is 2. The van der Waals surface area contributed by atoms with Gasteiger partial charge in [0.1, 0.15) is 6.10 Å². The molecule has 0 aromatic rings. The fraction of sp³-hybridized carbons (Fsp3) is 1.00. The van der Waals surface area contributed by atoms with Crippen molar-refractivity contribution >= 4 is 0 Å². The van der Waals surface area contributed by atoms with Crippen LogP contribution in [0.4, 0.5) is 0 Å². The molecule has 1 unspecified atom stereocenters. The fourth-order valence-corrected chi connectivity index (χ4v) is 1.63. The van der Waals surface area contributed by atoms with Crippen molar-refractivity contribution in [3.05, 3.63) is 0 Å². The summed E-state index contributed by atoms with van der Waals surface area (Å²) < 4.78 is 10.7. The predicted molar refractivity (Wildman–Crippen MR) is 50.7 cm³/mol. The maximum atomic E-state index is 9.82. The number of methoxy groups -OCH3 is 1. The smallest absolute Gasteiger partial charge is 0.106 e. The summed E-state index contributed by atoms with van der Waals surface area (Å²) in [7, 11) is 1.66. The summed E-state index contributed by atoms with van der Waals surface area (Å²) in [6.45, 7) is 4.31. The van der Waals surface area contributed by atoms with Gasteiger partial charge in [0.25, 0.3) is 0 Å². The maximum absolute atomic E-state index is 9.82. The van der Waals surface area contributed by atoms with Gasteiger partial charge in [-0.3, -0.25) is 0 Å². The van der Waals surface area contributed by atoms with Gasteiger partial charge in [-0.2, -0.15) is 0 Å². The Labute approximate surface area is 80.0 Å². The first-order valence-corrected chi connectivity index (χ1v) is 4.95. The molecule has 13 heavy (non-hydrogen) atoms. The van der Waals surface area contributed by atoms with Crippen molar-refractivity contribution in [2.75, 3.05) is 13.7 Å². The molecule has 0 aromatic heterocycles. The van der Waals surface area contributed by atoms with E-state index in [4.69, 9.17) is 9.47 Å². The highest BCUT2D eigenvalue weighted by atomic mass is 16.5. The third kappa shape index (κ3) is 2.42. The highest BCUT2D eigenvalue weighted by Gasteiger charge is 2.43. The molecule has 1 fully saturated rings. The topological polar surface area (TPSA) is 38.7 Å². The molecule has 3 nitrogen and oxygen atoms in total. The minimum Gasteiger partial charge on any atom is -0.388 e. The fourth-order valence-electron chi connectivity index (χ4n) is 1.63. The van der Waals surface area contributed by atoms with E-state index in [1.54, 1.807) is 7.11 Å². The maximum Gasteiger partial charge on any atom is 0.106 e. The number of rotatable bonds is 5. The van der Waals surface area contributed by atoms with Gasteiger partial charge in [0.2, 0.25) is 0 Å². The van der Waals surface area contributed by atoms with Crippen LogP contribution in [0.5, 0.6) is 0 Å². The van der Waals surface area contributed by atoms with Gasteiger partial charge >= 0.3 is 0 Å². The standard InChI is InChI=1S/C10H20O3/c1-8(2)13-7-9(11)10(12-3)5-4-6-10/h8-9,11H,4-7H2,1-3H3. The van der Waals surface area contributed by atoms with Gasteiger partial charge in [-0.25, -0.2) is 0 Å². The summed E-state index contributed by atoms with van der Waals surface area (Å²) in [4.78, 5) is 0. The van der Waals surface area contributed by atoms with Crippen molar-refractivity contribution in [3.8, 4) is 0 Å². The molecular formula is C10H20O3. The van der Waals surface area contributed by atoms with Crippen molar-refractivity contribution in [1.29, 1.82) is 0 Å². The zero-order valence-corrected chi connectivity index (χ0v) is 8.75. The Kier molecular flexibility index (Phi) is 3.71. The van der Waals surface area contributed by atoms with Crippen LogP contribution in [0.25, 0.3) is 0 Å². The van der Waals surface area contributed by atoms with E-state index in [0.717, 1.165) is 19.3 Å². The molecular weight excluding hydrogens is 168 g/mol. The monoisotopic (exact) mass is 188 g/mol. The van der Waals surface area contributed by atoms with E-state index in [1.807, 2.05) is 13.8 Å². The molecule has 3 heteroatoms. The lowest BCUT2D eigenvalue weighted by Gasteiger charge is -2.44. The van der Waals surface area contributed by atoms with Crippen molar-refractivity contribution in [2.45, 2.75) is 50.9 Å². The van der Waals surface area contributed by atoms with Crippen LogP contribution in [0.3, 0.4) is 0 Å². The SMILES string of the molecule is COC1(C(O)COC(C)C)CCC1. The summed E-state index contributed by atoms with van der Waals surface area (Å²) in [5.41, 5.74) is -0.311. The molecule has 1 N–H and O–H groups in total. The van der Waals surface area contributed by atoms with Crippen LogP contribution >= 0.6 is 0 Å². The minimum atomic E-state index is -0.478. The average molecular weight is 188 g/mol. The van der Waals surface area contributed by atoms with Crippen LogP contribution in [0, 0.1) is 0 Å². The Morgan fingerprint density at radius 1 is 1.38 bits per heavy atom. The average Bonchev–Trinajstić information content (AvgIpc) is 2.00. The first-order chi connectivity index (χ1) is 6.10. The van der Waals surface area contributed by atoms with E-state index in [9.17, 15) is 5.11 Å². The minimum absolute atomic E-state index is 0.170. The first-order valence-electron chi connectivity index (χ1n) is 4.95. The van der Waals surface area contributed by atoms with Crippen LogP contribution in [0.2, 0.25) is 0 Å². The number of hydrogen-bond donors (Lipinski definition) is 1. The first kappa shape index (κ1) is 11.0.